The molecule has 14 heteroatoms. The Hall–Kier alpha value is -3.55. The smallest absolute Gasteiger partial charge is 0.457 e. The molecule has 3 rings (SSSR count). The van der Waals surface area contributed by atoms with Gasteiger partial charge in [0.25, 0.3) is 5.60 Å². The van der Waals surface area contributed by atoms with Crippen LogP contribution in [0.15, 0.2) is 78.9 Å². The molecule has 0 aliphatic rings. The van der Waals surface area contributed by atoms with Crippen molar-refractivity contribution in [2.24, 2.45) is 0 Å². The van der Waals surface area contributed by atoms with Gasteiger partial charge in [-0.3, -0.25) is 0 Å². The van der Waals surface area contributed by atoms with Gasteiger partial charge in [0.15, 0.2) is 0 Å². The van der Waals surface area contributed by atoms with Gasteiger partial charge in [0.1, 0.15) is 11.5 Å². The normalized spacial score (nSPS) is 13.3. The maximum absolute atomic E-state index is 13.9. The topological polar surface area (TPSA) is 32.7 Å². The minimum atomic E-state index is -6.23. The molecule has 0 radical (unpaired) electrons. The molecule has 1 N–H and O–H groups in total. The Balaban J connectivity index is 2.07. The molecule has 0 saturated heterocycles. The molecule has 212 valence electrons. The van der Waals surface area contributed by atoms with E-state index in [2.05, 4.69) is 0 Å². The molecular formula is C25H18F11NO2. The molecular weight excluding hydrogens is 555 g/mol. The van der Waals surface area contributed by atoms with Crippen molar-refractivity contribution in [2.45, 2.75) is 36.6 Å². The maximum Gasteiger partial charge on any atom is 0.458 e. The Labute approximate surface area is 214 Å². The molecule has 0 heterocycles. The molecule has 0 aromatic heterocycles. The monoisotopic (exact) mass is 573 g/mol. The minimum absolute atomic E-state index is 0.0522. The highest BCUT2D eigenvalue weighted by Gasteiger charge is 2.71. The highest BCUT2D eigenvalue weighted by atomic mass is 19.4. The summed E-state index contributed by atoms with van der Waals surface area (Å²) in [4.78, 5) is 0.351. The van der Waals surface area contributed by atoms with Gasteiger partial charge < -0.3 is 14.7 Å². The fourth-order valence-corrected chi connectivity index (χ4v) is 3.47. The Morgan fingerprint density at radius 3 is 1.74 bits per heavy atom. The number of para-hydroxylation sites is 1. The molecule has 0 spiro atoms. The molecule has 0 amide bonds. The van der Waals surface area contributed by atoms with Crippen molar-refractivity contribution in [1.29, 1.82) is 0 Å². The van der Waals surface area contributed by atoms with Crippen LogP contribution in [0.4, 0.5) is 54.0 Å². The number of rotatable bonds is 8. The molecule has 0 fully saturated rings. The number of benzene rings is 3. The average molecular weight is 573 g/mol. The summed E-state index contributed by atoms with van der Waals surface area (Å²) < 4.78 is 153. The third-order valence-corrected chi connectivity index (χ3v) is 5.54. The summed E-state index contributed by atoms with van der Waals surface area (Å²) in [5.41, 5.74) is -7.74. The van der Waals surface area contributed by atoms with E-state index in [0.717, 1.165) is 24.3 Å². The number of alkyl halides is 11. The van der Waals surface area contributed by atoms with E-state index < -0.39 is 54.3 Å². The van der Waals surface area contributed by atoms with Crippen LogP contribution in [0.3, 0.4) is 0 Å². The Bertz CT molecular complexity index is 1240. The van der Waals surface area contributed by atoms with Gasteiger partial charge in [-0.15, -0.1) is 0 Å². The lowest BCUT2D eigenvalue weighted by Gasteiger charge is -2.38. The lowest BCUT2D eigenvalue weighted by Crippen LogP contribution is -2.62. The molecule has 3 nitrogen and oxygen atoms in total. The predicted molar refractivity (Wildman–Crippen MR) is 117 cm³/mol. The molecule has 0 atom stereocenters. The quantitative estimate of drug-likeness (QED) is 0.277. The Morgan fingerprint density at radius 1 is 0.615 bits per heavy atom. The minimum Gasteiger partial charge on any atom is -0.457 e. The second-order valence-electron chi connectivity index (χ2n) is 8.40. The van der Waals surface area contributed by atoms with Crippen LogP contribution in [0.5, 0.6) is 11.5 Å². The zero-order valence-corrected chi connectivity index (χ0v) is 19.4. The predicted octanol–water partition coefficient (Wildman–Crippen LogP) is 8.00. The number of ether oxygens (including phenoxy) is 1. The third-order valence-electron chi connectivity index (χ3n) is 5.54. The lowest BCUT2D eigenvalue weighted by molar-refractivity contribution is -0.363. The number of hydrogen-bond acceptors (Lipinski definition) is 3. The fourth-order valence-electron chi connectivity index (χ4n) is 3.47. The second kappa shape index (κ2) is 10.5. The molecule has 0 aliphatic heterocycles. The highest BCUT2D eigenvalue weighted by Crippen LogP contribution is 2.46. The summed E-state index contributed by atoms with van der Waals surface area (Å²) in [6.45, 7) is -3.19. The number of anilines is 1. The third kappa shape index (κ3) is 6.54. The van der Waals surface area contributed by atoms with Gasteiger partial charge in [0.05, 0.1) is 6.54 Å². The van der Waals surface area contributed by atoms with Gasteiger partial charge in [0, 0.05) is 23.9 Å². The summed E-state index contributed by atoms with van der Waals surface area (Å²) >= 11 is 0. The highest BCUT2D eigenvalue weighted by molar-refractivity contribution is 5.53. The van der Waals surface area contributed by atoms with Crippen LogP contribution >= 0.6 is 0 Å². The summed E-state index contributed by atoms with van der Waals surface area (Å²) in [5, 5.41) is 9.80. The Kier molecular flexibility index (Phi) is 8.11. The first-order valence-electron chi connectivity index (χ1n) is 10.8. The van der Waals surface area contributed by atoms with Crippen LogP contribution in [0.2, 0.25) is 0 Å². The van der Waals surface area contributed by atoms with E-state index in [1.807, 2.05) is 0 Å². The molecule has 0 aliphatic carbocycles. The maximum atomic E-state index is 13.9. The SMILES string of the molecule is OC(CN(Cc1cccc(C(F)(F)C(F)(F)F)c1)c1cccc(Oc2ccccc2)c1)(C(F)(F)F)C(F)(F)F. The van der Waals surface area contributed by atoms with Crippen LogP contribution in [0.25, 0.3) is 0 Å². The van der Waals surface area contributed by atoms with E-state index in [9.17, 15) is 53.4 Å². The number of nitrogens with zero attached hydrogens (tertiary/aromatic N) is 1. The van der Waals surface area contributed by atoms with Crippen LogP contribution in [-0.4, -0.2) is 35.8 Å². The summed E-state index contributed by atoms with van der Waals surface area (Å²) in [6, 6.07) is 14.8. The molecule has 0 unspecified atom stereocenters. The van der Waals surface area contributed by atoms with Gasteiger partial charge >= 0.3 is 24.5 Å². The van der Waals surface area contributed by atoms with Crippen LogP contribution in [0.1, 0.15) is 11.1 Å². The number of aliphatic hydroxyl groups is 1. The van der Waals surface area contributed by atoms with Crippen LogP contribution < -0.4 is 9.64 Å². The zero-order valence-electron chi connectivity index (χ0n) is 19.4. The molecule has 3 aromatic rings. The first-order valence-corrected chi connectivity index (χ1v) is 10.8. The number of hydrogen-bond donors (Lipinski definition) is 1. The molecule has 0 bridgehead atoms. The standard InChI is InChI=1S/C25H18F11NO2/c26-22(27,25(34,35)36)17-7-4-6-16(12-17)14-37(15-21(38,23(28,29)30)24(31,32)33)18-8-5-11-20(13-18)39-19-9-2-1-3-10-19/h1-13,38H,14-15H2. The van der Waals surface area contributed by atoms with E-state index in [0.29, 0.717) is 17.0 Å². The summed E-state index contributed by atoms with van der Waals surface area (Å²) in [7, 11) is 0. The van der Waals surface area contributed by atoms with Gasteiger partial charge in [0.2, 0.25) is 0 Å². The van der Waals surface area contributed by atoms with Gasteiger partial charge in [-0.2, -0.15) is 48.3 Å². The average Bonchev–Trinajstić information content (AvgIpc) is 2.82. The van der Waals surface area contributed by atoms with E-state index in [4.69, 9.17) is 4.74 Å². The largest absolute Gasteiger partial charge is 0.458 e. The van der Waals surface area contributed by atoms with Crippen molar-refractivity contribution in [3.63, 3.8) is 0 Å². The van der Waals surface area contributed by atoms with Crippen LogP contribution in [-0.2, 0) is 12.5 Å². The zero-order chi connectivity index (χ0) is 29.3. The van der Waals surface area contributed by atoms with Crippen molar-refractivity contribution in [1.82, 2.24) is 0 Å². The molecule has 39 heavy (non-hydrogen) atoms. The van der Waals surface area contributed by atoms with Crippen molar-refractivity contribution in [3.8, 4) is 11.5 Å². The van der Waals surface area contributed by atoms with E-state index >= 15 is 0 Å². The van der Waals surface area contributed by atoms with Gasteiger partial charge in [-0.25, -0.2) is 0 Å². The first-order chi connectivity index (χ1) is 17.8. The van der Waals surface area contributed by atoms with E-state index in [1.54, 1.807) is 18.2 Å². The first kappa shape index (κ1) is 30.0. The fraction of sp³-hybridized carbons (Fsp3) is 0.280. The number of halogens is 11. The van der Waals surface area contributed by atoms with Crippen molar-refractivity contribution >= 4 is 5.69 Å². The van der Waals surface area contributed by atoms with E-state index in [1.165, 1.54) is 24.3 Å². The lowest BCUT2D eigenvalue weighted by atomic mass is 10.00. The van der Waals surface area contributed by atoms with Crippen molar-refractivity contribution in [2.75, 3.05) is 11.4 Å². The molecule has 3 aromatic carbocycles. The Morgan fingerprint density at radius 2 is 1.18 bits per heavy atom. The summed E-state index contributed by atoms with van der Waals surface area (Å²) in [6.07, 6.45) is -18.5. The molecule has 0 saturated carbocycles. The van der Waals surface area contributed by atoms with Gasteiger partial charge in [-0.1, -0.05) is 42.5 Å². The second-order valence-corrected chi connectivity index (χ2v) is 8.40. The van der Waals surface area contributed by atoms with Crippen molar-refractivity contribution in [3.05, 3.63) is 90.0 Å². The summed E-state index contributed by atoms with van der Waals surface area (Å²) in [5.74, 6) is -5.15. The van der Waals surface area contributed by atoms with Crippen LogP contribution in [0, 0.1) is 0 Å². The van der Waals surface area contributed by atoms with E-state index in [-0.39, 0.29) is 17.2 Å². The van der Waals surface area contributed by atoms with Gasteiger partial charge in [-0.05, 0) is 35.9 Å². The van der Waals surface area contributed by atoms with Crippen molar-refractivity contribution < 1.29 is 58.1 Å².